The molecule has 1 aliphatic rings. The molecule has 8 heteroatoms. The van der Waals surface area contributed by atoms with Crippen LogP contribution in [0.3, 0.4) is 0 Å². The van der Waals surface area contributed by atoms with Gasteiger partial charge in [0.2, 0.25) is 0 Å². The molecule has 0 saturated carbocycles. The van der Waals surface area contributed by atoms with E-state index in [0.717, 1.165) is 31.6 Å². The molecule has 1 aromatic carbocycles. The number of halogens is 2. The summed E-state index contributed by atoms with van der Waals surface area (Å²) in [5, 5.41) is 9.50. The highest BCUT2D eigenvalue weighted by Crippen LogP contribution is 2.15. The summed E-state index contributed by atoms with van der Waals surface area (Å²) >= 11 is 0. The normalized spacial score (nSPS) is 16.2. The summed E-state index contributed by atoms with van der Waals surface area (Å²) < 4.78 is 0. The number of anilines is 2. The van der Waals surface area contributed by atoms with E-state index < -0.39 is 0 Å². The smallest absolute Gasteiger partial charge is 0.251 e. The number of hydrogen-bond acceptors (Lipinski definition) is 5. The average Bonchev–Trinajstić information content (AvgIpc) is 2.57. The number of amides is 1. The third-order valence-corrected chi connectivity index (χ3v) is 3.59. The number of nitrogens with one attached hydrogen (secondary N) is 3. The van der Waals surface area contributed by atoms with Gasteiger partial charge in [-0.25, -0.2) is 4.98 Å². The fourth-order valence-corrected chi connectivity index (χ4v) is 2.49. The highest BCUT2D eigenvalue weighted by Gasteiger charge is 2.16. The molecule has 0 spiro atoms. The van der Waals surface area contributed by atoms with Gasteiger partial charge >= 0.3 is 0 Å². The number of nitrogens with zero attached hydrogens (tertiary/aromatic N) is 2. The van der Waals surface area contributed by atoms with E-state index in [1.807, 2.05) is 24.3 Å². The zero-order valence-corrected chi connectivity index (χ0v) is 14.7. The van der Waals surface area contributed by atoms with Gasteiger partial charge in [-0.3, -0.25) is 9.78 Å². The van der Waals surface area contributed by atoms with Crippen molar-refractivity contribution >= 4 is 42.2 Å². The lowest BCUT2D eigenvalue weighted by Crippen LogP contribution is -2.45. The van der Waals surface area contributed by atoms with Crippen LogP contribution in [-0.4, -0.2) is 35.0 Å². The molecule has 1 fully saturated rings. The maximum Gasteiger partial charge on any atom is 0.251 e. The summed E-state index contributed by atoms with van der Waals surface area (Å²) in [6, 6.07) is 7.59. The first-order valence-corrected chi connectivity index (χ1v) is 7.46. The van der Waals surface area contributed by atoms with Gasteiger partial charge < -0.3 is 16.0 Å². The van der Waals surface area contributed by atoms with E-state index in [4.69, 9.17) is 0 Å². The van der Waals surface area contributed by atoms with Crippen molar-refractivity contribution in [3.05, 3.63) is 48.4 Å². The van der Waals surface area contributed by atoms with Gasteiger partial charge in [-0.05, 0) is 37.6 Å². The van der Waals surface area contributed by atoms with Gasteiger partial charge in [0, 0.05) is 36.2 Å². The summed E-state index contributed by atoms with van der Waals surface area (Å²) in [5.74, 6) is 0.605. The number of piperidine rings is 1. The summed E-state index contributed by atoms with van der Waals surface area (Å²) in [4.78, 5) is 20.5. The molecule has 130 valence electrons. The third-order valence-electron chi connectivity index (χ3n) is 3.59. The van der Waals surface area contributed by atoms with E-state index in [1.54, 1.807) is 18.6 Å². The first kappa shape index (κ1) is 20.2. The van der Waals surface area contributed by atoms with Gasteiger partial charge in [0.05, 0.1) is 6.20 Å². The van der Waals surface area contributed by atoms with Crippen LogP contribution in [0.4, 0.5) is 11.5 Å². The van der Waals surface area contributed by atoms with E-state index in [2.05, 4.69) is 25.9 Å². The van der Waals surface area contributed by atoms with Crippen molar-refractivity contribution in [2.45, 2.75) is 18.9 Å². The number of benzene rings is 1. The topological polar surface area (TPSA) is 78.9 Å². The fraction of sp³-hybridized carbons (Fsp3) is 0.312. The Morgan fingerprint density at radius 3 is 2.83 bits per heavy atom. The molecule has 0 aliphatic carbocycles. The van der Waals surface area contributed by atoms with Gasteiger partial charge in [-0.1, -0.05) is 6.07 Å². The number of rotatable bonds is 4. The van der Waals surface area contributed by atoms with E-state index in [-0.39, 0.29) is 36.8 Å². The number of carbonyl (C=O) groups is 1. The van der Waals surface area contributed by atoms with Crippen LogP contribution < -0.4 is 16.0 Å². The van der Waals surface area contributed by atoms with E-state index in [9.17, 15) is 4.79 Å². The highest BCUT2D eigenvalue weighted by atomic mass is 35.5. The van der Waals surface area contributed by atoms with Gasteiger partial charge in [-0.15, -0.1) is 24.8 Å². The van der Waals surface area contributed by atoms with Crippen LogP contribution in [0.5, 0.6) is 0 Å². The first-order chi connectivity index (χ1) is 10.8. The van der Waals surface area contributed by atoms with E-state index in [0.29, 0.717) is 11.4 Å². The van der Waals surface area contributed by atoms with Crippen LogP contribution in [-0.2, 0) is 0 Å². The van der Waals surface area contributed by atoms with Crippen LogP contribution in [0.25, 0.3) is 0 Å². The van der Waals surface area contributed by atoms with Crippen LogP contribution >= 0.6 is 24.8 Å². The molecule has 0 unspecified atom stereocenters. The minimum absolute atomic E-state index is 0. The lowest BCUT2D eigenvalue weighted by atomic mass is 10.1. The fourth-order valence-electron chi connectivity index (χ4n) is 2.49. The zero-order chi connectivity index (χ0) is 15.2. The maximum absolute atomic E-state index is 12.3. The average molecular weight is 370 g/mol. The van der Waals surface area contributed by atoms with Gasteiger partial charge in [0.15, 0.2) is 0 Å². The van der Waals surface area contributed by atoms with Crippen molar-refractivity contribution in [1.82, 2.24) is 20.6 Å². The molecule has 3 rings (SSSR count). The monoisotopic (exact) mass is 369 g/mol. The predicted molar refractivity (Wildman–Crippen MR) is 99.6 cm³/mol. The molecular weight excluding hydrogens is 349 g/mol. The standard InChI is InChI=1S/C16H19N5O.2ClH/c22-16(21-14-5-2-6-17-10-14)12-3-1-4-13(9-12)20-15-11-18-7-8-19-15;;/h1,3-4,7-9,11,14,17H,2,5-6,10H2,(H,19,20)(H,21,22);2*1H/t14-;;/m0../s1. The van der Waals surface area contributed by atoms with Crippen molar-refractivity contribution in [3.63, 3.8) is 0 Å². The molecule has 0 bridgehead atoms. The Morgan fingerprint density at radius 1 is 1.25 bits per heavy atom. The lowest BCUT2D eigenvalue weighted by molar-refractivity contribution is 0.0930. The van der Waals surface area contributed by atoms with E-state index in [1.165, 1.54) is 0 Å². The van der Waals surface area contributed by atoms with Crippen LogP contribution in [0.1, 0.15) is 23.2 Å². The number of aromatic nitrogens is 2. The minimum atomic E-state index is -0.0449. The predicted octanol–water partition coefficient (Wildman–Crippen LogP) is 2.55. The summed E-state index contributed by atoms with van der Waals surface area (Å²) in [7, 11) is 0. The summed E-state index contributed by atoms with van der Waals surface area (Å²) in [6.07, 6.45) is 7.00. The van der Waals surface area contributed by atoms with Crippen molar-refractivity contribution in [3.8, 4) is 0 Å². The second-order valence-corrected chi connectivity index (χ2v) is 5.31. The van der Waals surface area contributed by atoms with E-state index >= 15 is 0 Å². The minimum Gasteiger partial charge on any atom is -0.348 e. The van der Waals surface area contributed by atoms with Crippen molar-refractivity contribution in [2.75, 3.05) is 18.4 Å². The highest BCUT2D eigenvalue weighted by molar-refractivity contribution is 5.95. The molecule has 1 atom stereocenters. The van der Waals surface area contributed by atoms with Gasteiger partial charge in [-0.2, -0.15) is 0 Å². The molecule has 1 amide bonds. The van der Waals surface area contributed by atoms with Gasteiger partial charge in [0.1, 0.15) is 5.82 Å². The van der Waals surface area contributed by atoms with Crippen LogP contribution in [0.15, 0.2) is 42.9 Å². The molecule has 0 radical (unpaired) electrons. The largest absolute Gasteiger partial charge is 0.348 e. The lowest BCUT2D eigenvalue weighted by Gasteiger charge is -2.23. The Morgan fingerprint density at radius 2 is 2.12 bits per heavy atom. The molecule has 1 aliphatic heterocycles. The second-order valence-electron chi connectivity index (χ2n) is 5.31. The number of hydrogen-bond donors (Lipinski definition) is 3. The Bertz CT molecular complexity index is 635. The molecule has 24 heavy (non-hydrogen) atoms. The first-order valence-electron chi connectivity index (χ1n) is 7.46. The second kappa shape index (κ2) is 10.1. The molecule has 1 saturated heterocycles. The van der Waals surface area contributed by atoms with Crippen molar-refractivity contribution in [2.24, 2.45) is 0 Å². The summed E-state index contributed by atoms with van der Waals surface area (Å²) in [6.45, 7) is 1.87. The number of carbonyl (C=O) groups excluding carboxylic acids is 1. The Hall–Kier alpha value is -1.89. The Kier molecular flexibility index (Phi) is 8.46. The molecule has 2 aromatic rings. The zero-order valence-electron chi connectivity index (χ0n) is 13.1. The Balaban J connectivity index is 0.00000144. The molecule has 2 heterocycles. The maximum atomic E-state index is 12.3. The van der Waals surface area contributed by atoms with Crippen molar-refractivity contribution in [1.29, 1.82) is 0 Å². The molecule has 6 nitrogen and oxygen atoms in total. The summed E-state index contributed by atoms with van der Waals surface area (Å²) in [5.41, 5.74) is 1.45. The SMILES string of the molecule is Cl.Cl.O=C(N[C@H]1CCCNC1)c1cccc(Nc2cnccn2)c1. The van der Waals surface area contributed by atoms with Crippen LogP contribution in [0.2, 0.25) is 0 Å². The molecule has 3 N–H and O–H groups in total. The third kappa shape index (κ3) is 5.63. The molecule has 1 aromatic heterocycles. The van der Waals surface area contributed by atoms with Crippen molar-refractivity contribution < 1.29 is 4.79 Å². The van der Waals surface area contributed by atoms with Crippen LogP contribution in [0, 0.1) is 0 Å². The van der Waals surface area contributed by atoms with Gasteiger partial charge in [0.25, 0.3) is 5.91 Å². The molecular formula is C16H21Cl2N5O. The Labute approximate surface area is 153 Å². The quantitative estimate of drug-likeness (QED) is 0.771.